The van der Waals surface area contributed by atoms with Crippen molar-refractivity contribution in [2.45, 2.75) is 65.1 Å². The smallest absolute Gasteiger partial charge is 0.257 e. The number of nitrogens with one attached hydrogen (secondary N) is 1. The minimum atomic E-state index is -0.459. The number of carbonyl (C=O) groups is 2. The molecular formula is C29H32FN3O5. The minimum absolute atomic E-state index is 0.0494. The van der Waals surface area contributed by atoms with Crippen molar-refractivity contribution in [3.8, 4) is 11.4 Å². The van der Waals surface area contributed by atoms with Gasteiger partial charge in [0.15, 0.2) is 0 Å². The van der Waals surface area contributed by atoms with E-state index in [0.29, 0.717) is 59.5 Å². The number of carbonyl (C=O) groups excluding carboxylic acids is 2. The van der Waals surface area contributed by atoms with Crippen LogP contribution in [0.15, 0.2) is 16.9 Å². The third-order valence-electron chi connectivity index (χ3n) is 7.83. The van der Waals surface area contributed by atoms with Crippen LogP contribution >= 0.6 is 0 Å². The number of aryl methyl sites for hydroxylation is 1. The average molecular weight is 522 g/mol. The number of rotatable bonds is 9. The van der Waals surface area contributed by atoms with Crippen molar-refractivity contribution in [1.82, 2.24) is 14.9 Å². The zero-order valence-electron chi connectivity index (χ0n) is 22.2. The number of nitrogens with zero attached hydrogens (tertiary/aromatic N) is 2. The molecule has 38 heavy (non-hydrogen) atoms. The molecule has 3 heterocycles. The standard InChI is InChI=1S/C29H32FN3O5/c1-5-16(12-34)18-9-24-28-19(11-33(24)29(36)20(18)13-37-4)27-22(31-25(35)14-38-6-2)8-7-17-15(3)21(30)10-23(32-28)26(17)27/h9-10,12,16,22H,5-8,11,13-14H2,1-4H3,(H,31,35). The third-order valence-corrected chi connectivity index (χ3v) is 7.83. The molecule has 0 saturated heterocycles. The van der Waals surface area contributed by atoms with E-state index in [1.165, 1.54) is 13.2 Å². The molecule has 9 heteroatoms. The van der Waals surface area contributed by atoms with Crippen molar-refractivity contribution in [3.63, 3.8) is 0 Å². The molecule has 0 saturated carbocycles. The Balaban J connectivity index is 1.76. The fraction of sp³-hybridized carbons (Fsp3) is 0.448. The highest BCUT2D eigenvalue weighted by atomic mass is 19.1. The lowest BCUT2D eigenvalue weighted by Crippen LogP contribution is -2.34. The van der Waals surface area contributed by atoms with Gasteiger partial charge in [-0.2, -0.15) is 0 Å². The Kier molecular flexibility index (Phi) is 7.15. The zero-order valence-corrected chi connectivity index (χ0v) is 22.2. The second-order valence-electron chi connectivity index (χ2n) is 9.94. The van der Waals surface area contributed by atoms with Crippen LogP contribution in [0.25, 0.3) is 22.3 Å². The highest BCUT2D eigenvalue weighted by Gasteiger charge is 2.35. The van der Waals surface area contributed by atoms with Crippen LogP contribution in [0, 0.1) is 12.7 Å². The average Bonchev–Trinajstić information content (AvgIpc) is 3.27. The van der Waals surface area contributed by atoms with Crippen LogP contribution in [0.5, 0.6) is 0 Å². The van der Waals surface area contributed by atoms with Crippen LogP contribution in [0.3, 0.4) is 0 Å². The van der Waals surface area contributed by atoms with Crippen molar-refractivity contribution < 1.29 is 23.5 Å². The van der Waals surface area contributed by atoms with E-state index in [2.05, 4.69) is 5.32 Å². The van der Waals surface area contributed by atoms with Gasteiger partial charge < -0.3 is 24.2 Å². The Morgan fingerprint density at radius 2 is 2.11 bits per heavy atom. The van der Waals surface area contributed by atoms with E-state index in [-0.39, 0.29) is 43.1 Å². The van der Waals surface area contributed by atoms with E-state index in [9.17, 15) is 18.8 Å². The molecule has 1 aliphatic heterocycles. The van der Waals surface area contributed by atoms with E-state index in [4.69, 9.17) is 14.5 Å². The lowest BCUT2D eigenvalue weighted by molar-refractivity contribution is -0.126. The summed E-state index contributed by atoms with van der Waals surface area (Å²) in [5.41, 5.74) is 5.68. The van der Waals surface area contributed by atoms with E-state index >= 15 is 0 Å². The van der Waals surface area contributed by atoms with E-state index in [1.807, 2.05) is 19.9 Å². The molecule has 0 fully saturated rings. The number of aromatic nitrogens is 2. The molecule has 8 nitrogen and oxygen atoms in total. The van der Waals surface area contributed by atoms with Crippen molar-refractivity contribution in [2.75, 3.05) is 20.3 Å². The Bertz CT molecular complexity index is 1510. The van der Waals surface area contributed by atoms with Crippen LogP contribution in [-0.4, -0.2) is 42.1 Å². The Morgan fingerprint density at radius 1 is 1.32 bits per heavy atom. The normalized spacial score (nSPS) is 16.3. The lowest BCUT2D eigenvalue weighted by Gasteiger charge is -2.29. The fourth-order valence-corrected chi connectivity index (χ4v) is 5.95. The van der Waals surface area contributed by atoms with Gasteiger partial charge in [-0.15, -0.1) is 0 Å². The van der Waals surface area contributed by atoms with Crippen LogP contribution in [0.4, 0.5) is 4.39 Å². The molecule has 3 aromatic rings. The summed E-state index contributed by atoms with van der Waals surface area (Å²) in [5.74, 6) is -1.02. The van der Waals surface area contributed by atoms with Gasteiger partial charge in [-0.25, -0.2) is 9.37 Å². The number of pyridine rings is 2. The molecule has 1 aliphatic carbocycles. The van der Waals surface area contributed by atoms with Gasteiger partial charge in [-0.05, 0) is 61.4 Å². The number of fused-ring (bicyclic) bond motifs is 4. The molecule has 2 aliphatic rings. The number of benzene rings is 1. The fourth-order valence-electron chi connectivity index (χ4n) is 5.95. The molecule has 2 aromatic heterocycles. The number of hydrogen-bond donors (Lipinski definition) is 1. The topological polar surface area (TPSA) is 99.5 Å². The van der Waals surface area contributed by atoms with Crippen LogP contribution in [0.1, 0.15) is 72.0 Å². The van der Waals surface area contributed by atoms with E-state index in [0.717, 1.165) is 28.4 Å². The largest absolute Gasteiger partial charge is 0.380 e. The van der Waals surface area contributed by atoms with Crippen molar-refractivity contribution in [1.29, 1.82) is 0 Å². The van der Waals surface area contributed by atoms with Crippen molar-refractivity contribution in [2.24, 2.45) is 0 Å². The maximum absolute atomic E-state index is 15.0. The molecule has 2 unspecified atom stereocenters. The predicted octanol–water partition coefficient (Wildman–Crippen LogP) is 3.85. The summed E-state index contributed by atoms with van der Waals surface area (Å²) < 4.78 is 27.3. The van der Waals surface area contributed by atoms with Gasteiger partial charge in [0, 0.05) is 42.2 Å². The zero-order chi connectivity index (χ0) is 27.1. The summed E-state index contributed by atoms with van der Waals surface area (Å²) in [4.78, 5) is 43.2. The first kappa shape index (κ1) is 26.2. The van der Waals surface area contributed by atoms with Crippen LogP contribution < -0.4 is 10.9 Å². The molecule has 5 rings (SSSR count). The van der Waals surface area contributed by atoms with Crippen LogP contribution in [-0.2, 0) is 38.6 Å². The first-order valence-electron chi connectivity index (χ1n) is 13.1. The number of halogens is 1. The summed E-state index contributed by atoms with van der Waals surface area (Å²) >= 11 is 0. The summed E-state index contributed by atoms with van der Waals surface area (Å²) in [6.07, 6.45) is 2.58. The molecule has 1 amide bonds. The Labute approximate surface area is 220 Å². The molecule has 0 radical (unpaired) electrons. The van der Waals surface area contributed by atoms with Crippen molar-refractivity contribution >= 4 is 23.1 Å². The third kappa shape index (κ3) is 4.14. The lowest BCUT2D eigenvalue weighted by atomic mass is 9.81. The maximum Gasteiger partial charge on any atom is 0.257 e. The van der Waals surface area contributed by atoms with Gasteiger partial charge in [0.1, 0.15) is 18.7 Å². The number of ether oxygens (including phenoxy) is 2. The minimum Gasteiger partial charge on any atom is -0.380 e. The Morgan fingerprint density at radius 3 is 2.79 bits per heavy atom. The van der Waals surface area contributed by atoms with Gasteiger partial charge in [0.25, 0.3) is 5.56 Å². The molecule has 200 valence electrons. The number of aldehydes is 1. The second-order valence-corrected chi connectivity index (χ2v) is 9.94. The number of hydrogen-bond acceptors (Lipinski definition) is 6. The molecule has 2 atom stereocenters. The van der Waals surface area contributed by atoms with Crippen molar-refractivity contribution in [3.05, 3.63) is 61.7 Å². The quantitative estimate of drug-likeness (QED) is 0.336. The molecule has 0 spiro atoms. The van der Waals surface area contributed by atoms with Crippen LogP contribution in [0.2, 0.25) is 0 Å². The van der Waals surface area contributed by atoms with E-state index in [1.54, 1.807) is 11.5 Å². The van der Waals surface area contributed by atoms with E-state index < -0.39 is 5.92 Å². The maximum atomic E-state index is 15.0. The van der Waals surface area contributed by atoms with Gasteiger partial charge in [0.2, 0.25) is 5.91 Å². The first-order valence-corrected chi connectivity index (χ1v) is 13.1. The van der Waals surface area contributed by atoms with Gasteiger partial charge in [0.05, 0.1) is 36.1 Å². The monoisotopic (exact) mass is 521 g/mol. The van der Waals surface area contributed by atoms with Gasteiger partial charge >= 0.3 is 0 Å². The second kappa shape index (κ2) is 10.4. The summed E-state index contributed by atoms with van der Waals surface area (Å²) in [5, 5.41) is 3.94. The molecule has 1 aromatic carbocycles. The summed E-state index contributed by atoms with van der Waals surface area (Å²) in [7, 11) is 1.52. The predicted molar refractivity (Wildman–Crippen MR) is 141 cm³/mol. The number of methoxy groups -OCH3 is 1. The first-order chi connectivity index (χ1) is 18.3. The summed E-state index contributed by atoms with van der Waals surface area (Å²) in [6, 6.07) is 2.96. The van der Waals surface area contributed by atoms with Gasteiger partial charge in [-0.3, -0.25) is 9.59 Å². The number of amides is 1. The Hall–Kier alpha value is -3.43. The highest BCUT2D eigenvalue weighted by Crippen LogP contribution is 2.45. The summed E-state index contributed by atoms with van der Waals surface area (Å²) in [6.45, 7) is 6.22. The van der Waals surface area contributed by atoms with Gasteiger partial charge in [-0.1, -0.05) is 6.92 Å². The molecular weight excluding hydrogens is 489 g/mol. The SMILES string of the molecule is CCOCC(=O)NC1CCc2c(C)c(F)cc3nc4c(c1c23)Cn1c-4cc(C(C=O)CC)c(COC)c1=O. The molecule has 0 bridgehead atoms. The highest BCUT2D eigenvalue weighted by molar-refractivity contribution is 5.93. The molecule has 1 N–H and O–H groups in total.